The Balaban J connectivity index is 0.00000208. The van der Waals surface area contributed by atoms with Crippen molar-refractivity contribution >= 4 is 40.8 Å². The van der Waals surface area contributed by atoms with E-state index in [0.29, 0.717) is 22.2 Å². The zero-order chi connectivity index (χ0) is 16.6. The van der Waals surface area contributed by atoms with Crippen LogP contribution in [0.25, 0.3) is 0 Å². The summed E-state index contributed by atoms with van der Waals surface area (Å²) in [7, 11) is 1.62. The van der Waals surface area contributed by atoms with Gasteiger partial charge in [0.05, 0.1) is 5.69 Å². The first-order valence-electron chi connectivity index (χ1n) is 7.08. The van der Waals surface area contributed by atoms with E-state index in [-0.39, 0.29) is 13.4 Å². The van der Waals surface area contributed by atoms with Crippen LogP contribution in [0, 0.1) is 0 Å². The first-order valence-corrected chi connectivity index (χ1v) is 7.84. The van der Waals surface area contributed by atoms with E-state index in [0.717, 1.165) is 10.5 Å². The van der Waals surface area contributed by atoms with Gasteiger partial charge in [-0.25, -0.2) is 9.69 Å². The zero-order valence-corrected chi connectivity index (χ0v) is 13.9. The molecule has 0 aliphatic carbocycles. The average Bonchev–Trinajstić information content (AvgIpc) is 2.71. The SMILES string of the molecule is CN1C(=O)N(c2cc(Cl)cc(Cl)c2)C(=O)[C@H]1Cc1ccccc1.[2HH]. The van der Waals surface area contributed by atoms with Crippen LogP contribution < -0.4 is 4.90 Å². The normalized spacial score (nSPS) is 18.0. The molecule has 0 unspecified atom stereocenters. The summed E-state index contributed by atoms with van der Waals surface area (Å²) in [5, 5.41) is 0.754. The maximum absolute atomic E-state index is 12.7. The minimum absolute atomic E-state index is 0. The van der Waals surface area contributed by atoms with E-state index in [1.807, 2.05) is 30.3 Å². The number of halogens is 2. The molecule has 0 bridgehead atoms. The third-order valence-electron chi connectivity index (χ3n) is 3.84. The number of amides is 3. The molecule has 6 heteroatoms. The second kappa shape index (κ2) is 6.22. The molecule has 2 aromatic carbocycles. The molecule has 3 rings (SSSR count). The molecule has 1 aliphatic heterocycles. The summed E-state index contributed by atoms with van der Waals surface area (Å²) in [5.41, 5.74) is 1.39. The van der Waals surface area contributed by atoms with Gasteiger partial charge in [0.1, 0.15) is 6.04 Å². The molecule has 1 aliphatic rings. The molecule has 2 aromatic rings. The average molecular weight is 352 g/mol. The molecule has 1 fully saturated rings. The van der Waals surface area contributed by atoms with Crippen LogP contribution >= 0.6 is 23.2 Å². The summed E-state index contributed by atoms with van der Waals surface area (Å²) in [6.07, 6.45) is 0.465. The molecular formula is C17H16Cl2N2O2. The van der Waals surface area contributed by atoms with Crippen LogP contribution in [-0.4, -0.2) is 29.9 Å². The molecular weight excluding hydrogens is 335 g/mol. The Morgan fingerprint density at radius 2 is 1.65 bits per heavy atom. The van der Waals surface area contributed by atoms with Crippen molar-refractivity contribution in [2.45, 2.75) is 12.5 Å². The number of hydrogen-bond acceptors (Lipinski definition) is 2. The maximum atomic E-state index is 12.7. The lowest BCUT2D eigenvalue weighted by atomic mass is 10.1. The van der Waals surface area contributed by atoms with Gasteiger partial charge in [-0.3, -0.25) is 4.79 Å². The Morgan fingerprint density at radius 1 is 1.04 bits per heavy atom. The second-order valence-corrected chi connectivity index (χ2v) is 6.27. The molecule has 0 saturated carbocycles. The van der Waals surface area contributed by atoms with Crippen molar-refractivity contribution in [1.29, 1.82) is 0 Å². The largest absolute Gasteiger partial charge is 0.331 e. The van der Waals surface area contributed by atoms with Crippen molar-refractivity contribution in [2.24, 2.45) is 0 Å². The molecule has 1 heterocycles. The Hall–Kier alpha value is -2.04. The van der Waals surface area contributed by atoms with Crippen LogP contribution in [0.2, 0.25) is 10.0 Å². The minimum Gasteiger partial charge on any atom is -0.315 e. The van der Waals surface area contributed by atoms with Crippen molar-refractivity contribution < 1.29 is 11.0 Å². The number of hydrogen-bond donors (Lipinski definition) is 0. The maximum Gasteiger partial charge on any atom is 0.331 e. The predicted molar refractivity (Wildman–Crippen MR) is 93.2 cm³/mol. The van der Waals surface area contributed by atoms with Gasteiger partial charge in [0, 0.05) is 24.9 Å². The number of anilines is 1. The lowest BCUT2D eigenvalue weighted by Crippen LogP contribution is -2.33. The molecule has 3 amide bonds. The molecule has 0 radical (unpaired) electrons. The number of likely N-dealkylation sites (N-methyl/N-ethyl adjacent to an activating group) is 1. The van der Waals surface area contributed by atoms with E-state index in [2.05, 4.69) is 0 Å². The van der Waals surface area contributed by atoms with Crippen LogP contribution in [-0.2, 0) is 11.2 Å². The van der Waals surface area contributed by atoms with Crippen molar-refractivity contribution in [1.82, 2.24) is 4.90 Å². The van der Waals surface area contributed by atoms with Crippen molar-refractivity contribution in [3.8, 4) is 0 Å². The number of imide groups is 1. The van der Waals surface area contributed by atoms with Gasteiger partial charge in [0.15, 0.2) is 0 Å². The first-order chi connectivity index (χ1) is 11.0. The van der Waals surface area contributed by atoms with E-state index in [1.54, 1.807) is 25.2 Å². The highest BCUT2D eigenvalue weighted by Gasteiger charge is 2.43. The Bertz CT molecular complexity index is 750. The first kappa shape index (κ1) is 15.8. The third kappa shape index (κ3) is 3.05. The summed E-state index contributed by atoms with van der Waals surface area (Å²) < 4.78 is 0. The topological polar surface area (TPSA) is 40.6 Å². The molecule has 0 spiro atoms. The van der Waals surface area contributed by atoms with Gasteiger partial charge in [-0.2, -0.15) is 0 Å². The third-order valence-corrected chi connectivity index (χ3v) is 4.28. The zero-order valence-electron chi connectivity index (χ0n) is 12.4. The van der Waals surface area contributed by atoms with E-state index in [1.165, 1.54) is 4.90 Å². The minimum atomic E-state index is -0.539. The van der Waals surface area contributed by atoms with Crippen LogP contribution in [0.4, 0.5) is 10.5 Å². The van der Waals surface area contributed by atoms with Gasteiger partial charge in [-0.15, -0.1) is 0 Å². The van der Waals surface area contributed by atoms with Crippen LogP contribution in [0.5, 0.6) is 0 Å². The fourth-order valence-electron chi connectivity index (χ4n) is 2.67. The summed E-state index contributed by atoms with van der Waals surface area (Å²) in [5.74, 6) is -0.278. The smallest absolute Gasteiger partial charge is 0.315 e. The number of carbonyl (C=O) groups excluding carboxylic acids is 2. The number of nitrogens with zero attached hydrogens (tertiary/aromatic N) is 2. The second-order valence-electron chi connectivity index (χ2n) is 5.40. The fraction of sp³-hybridized carbons (Fsp3) is 0.176. The Morgan fingerprint density at radius 3 is 2.26 bits per heavy atom. The number of rotatable bonds is 3. The highest BCUT2D eigenvalue weighted by molar-refractivity contribution is 6.35. The summed E-state index contributed by atoms with van der Waals surface area (Å²) in [6, 6.07) is 13.4. The molecule has 1 atom stereocenters. The van der Waals surface area contributed by atoms with E-state index in [4.69, 9.17) is 23.2 Å². The highest BCUT2D eigenvalue weighted by atomic mass is 35.5. The van der Waals surface area contributed by atoms with Crippen molar-refractivity contribution in [2.75, 3.05) is 11.9 Å². The predicted octanol–water partition coefficient (Wildman–Crippen LogP) is 4.25. The molecule has 0 aromatic heterocycles. The van der Waals surface area contributed by atoms with Gasteiger partial charge in [-0.1, -0.05) is 53.5 Å². The van der Waals surface area contributed by atoms with Crippen LogP contribution in [0.1, 0.15) is 6.99 Å². The summed E-state index contributed by atoms with van der Waals surface area (Å²) in [6.45, 7) is 0. The molecule has 4 nitrogen and oxygen atoms in total. The molecule has 23 heavy (non-hydrogen) atoms. The lowest BCUT2D eigenvalue weighted by Gasteiger charge is -2.15. The molecule has 120 valence electrons. The van der Waals surface area contributed by atoms with Crippen molar-refractivity contribution in [3.05, 3.63) is 64.1 Å². The van der Waals surface area contributed by atoms with E-state index in [9.17, 15) is 9.59 Å². The molecule has 0 N–H and O–H groups in total. The van der Waals surface area contributed by atoms with Crippen molar-refractivity contribution in [3.63, 3.8) is 0 Å². The number of benzene rings is 2. The van der Waals surface area contributed by atoms with Crippen LogP contribution in [0.15, 0.2) is 48.5 Å². The Labute approximate surface area is 145 Å². The quantitative estimate of drug-likeness (QED) is 0.775. The fourth-order valence-corrected chi connectivity index (χ4v) is 3.18. The van der Waals surface area contributed by atoms with Gasteiger partial charge in [0.25, 0.3) is 5.91 Å². The molecule has 1 saturated heterocycles. The van der Waals surface area contributed by atoms with Gasteiger partial charge >= 0.3 is 6.03 Å². The van der Waals surface area contributed by atoms with E-state index < -0.39 is 6.04 Å². The van der Waals surface area contributed by atoms with Gasteiger partial charge < -0.3 is 4.90 Å². The monoisotopic (exact) mass is 351 g/mol. The highest BCUT2D eigenvalue weighted by Crippen LogP contribution is 2.30. The Kier molecular flexibility index (Phi) is 4.28. The van der Waals surface area contributed by atoms with Gasteiger partial charge in [0.2, 0.25) is 0 Å². The lowest BCUT2D eigenvalue weighted by molar-refractivity contribution is -0.119. The number of urea groups is 1. The summed E-state index contributed by atoms with van der Waals surface area (Å²) >= 11 is 12.0. The van der Waals surface area contributed by atoms with Crippen LogP contribution in [0.3, 0.4) is 0 Å². The summed E-state index contributed by atoms with van der Waals surface area (Å²) in [4.78, 5) is 27.8. The van der Waals surface area contributed by atoms with E-state index >= 15 is 0 Å². The standard InChI is InChI=1S/C17H14Cl2N2O2.H2/c1-20-15(7-11-5-3-2-4-6-11)16(22)21(17(20)23)14-9-12(18)8-13(19)10-14;/h2-6,8-10,15H,7H2,1H3;1H/t15-;/m1./s1/i;1+1. The number of carbonyl (C=O) groups is 2. The van der Waals surface area contributed by atoms with Gasteiger partial charge in [-0.05, 0) is 23.8 Å².